The molecule has 13 N–H and O–H groups in total. The first kappa shape index (κ1) is 42.7. The predicted octanol–water partition coefficient (Wildman–Crippen LogP) is 7.81. The Kier molecular flexibility index (Phi) is 15.6. The quantitative estimate of drug-likeness (QED) is 0.0415. The van der Waals surface area contributed by atoms with Crippen LogP contribution in [0.2, 0.25) is 0 Å². The average Bonchev–Trinajstić information content (AvgIpc) is 4.00. The number of thiophene rings is 1. The van der Waals surface area contributed by atoms with Crippen LogP contribution in [0.5, 0.6) is 0 Å². The second-order valence-electron chi connectivity index (χ2n) is 12.1. The summed E-state index contributed by atoms with van der Waals surface area (Å²) < 4.78 is 9.85. The third-order valence-electron chi connectivity index (χ3n) is 7.45. The minimum absolute atomic E-state index is 0.00720. The molecule has 0 aliphatic heterocycles. The molecule has 0 unspecified atom stereocenters. The fourth-order valence-electron chi connectivity index (χ4n) is 4.51. The van der Waals surface area contributed by atoms with Crippen molar-refractivity contribution in [1.82, 2.24) is 0 Å². The van der Waals surface area contributed by atoms with Crippen LogP contribution < -0.4 is 44.6 Å². The molecule has 4 aromatic carbocycles. The summed E-state index contributed by atoms with van der Waals surface area (Å²) in [6.45, 7) is 1.82. The lowest BCUT2D eigenvalue weighted by molar-refractivity contribution is -0.402. The van der Waals surface area contributed by atoms with Crippen molar-refractivity contribution in [2.24, 2.45) is 0 Å². The Bertz CT molecular complexity index is 2360. The number of hydrogen-bond donors (Lipinski definition) is 8. The fraction of sp³-hybridized carbons (Fsp3) is 0.0488. The zero-order valence-electron chi connectivity index (χ0n) is 31.1. The minimum Gasteiger partial charge on any atom is -0.459 e. The van der Waals surface area contributed by atoms with E-state index in [2.05, 4.69) is 16.0 Å². The summed E-state index contributed by atoms with van der Waals surface area (Å²) in [5.41, 5.74) is 33.6. The summed E-state index contributed by atoms with van der Waals surface area (Å²) in [6, 6.07) is 35.6. The van der Waals surface area contributed by atoms with Crippen LogP contribution in [0.15, 0.2) is 148 Å². The predicted molar refractivity (Wildman–Crippen MR) is 229 cm³/mol. The number of nitro groups is 1. The number of nitrogens with zero attached hydrogens (tertiary/aromatic N) is 1. The van der Waals surface area contributed by atoms with Crippen LogP contribution in [0.25, 0.3) is 0 Å². The number of nitrogen functional groups attached to an aromatic ring is 5. The van der Waals surface area contributed by atoms with E-state index in [0.29, 0.717) is 40.6 Å². The first-order chi connectivity index (χ1) is 27.7. The molecule has 0 atom stereocenters. The third kappa shape index (κ3) is 14.3. The Morgan fingerprint density at radius 2 is 1.07 bits per heavy atom. The molecule has 17 heteroatoms. The lowest BCUT2D eigenvalue weighted by Crippen LogP contribution is -2.13. The average molecular weight is 804 g/mol. The Labute approximate surface area is 336 Å². The van der Waals surface area contributed by atoms with Gasteiger partial charge in [-0.3, -0.25) is 24.5 Å². The van der Waals surface area contributed by atoms with Gasteiger partial charge in [-0.2, -0.15) is 0 Å². The van der Waals surface area contributed by atoms with E-state index in [1.807, 2.05) is 24.4 Å². The van der Waals surface area contributed by atoms with Gasteiger partial charge in [-0.25, -0.2) is 0 Å². The Morgan fingerprint density at radius 3 is 1.47 bits per heavy atom. The lowest BCUT2D eigenvalue weighted by atomic mass is 10.2. The van der Waals surface area contributed by atoms with Crippen LogP contribution in [-0.4, -0.2) is 22.6 Å². The molecule has 298 valence electrons. The van der Waals surface area contributed by atoms with Crippen molar-refractivity contribution in [3.8, 4) is 0 Å². The molecule has 58 heavy (non-hydrogen) atoms. The zero-order valence-corrected chi connectivity index (χ0v) is 31.9. The maximum atomic E-state index is 11.7. The summed E-state index contributed by atoms with van der Waals surface area (Å²) in [5, 5.41) is 20.4. The van der Waals surface area contributed by atoms with Gasteiger partial charge < -0.3 is 53.5 Å². The summed E-state index contributed by atoms with van der Waals surface area (Å²) in [4.78, 5) is 45.8. The number of benzene rings is 4. The van der Waals surface area contributed by atoms with Gasteiger partial charge in [0.1, 0.15) is 4.92 Å². The number of anilines is 8. The van der Waals surface area contributed by atoms with E-state index in [-0.39, 0.29) is 17.6 Å². The van der Waals surface area contributed by atoms with Crippen molar-refractivity contribution in [2.75, 3.05) is 44.6 Å². The number of carbonyl (C=O) groups is 3. The van der Waals surface area contributed by atoms with E-state index in [0.717, 1.165) is 33.6 Å². The van der Waals surface area contributed by atoms with Gasteiger partial charge in [0.25, 0.3) is 11.8 Å². The number of rotatable bonds is 8. The van der Waals surface area contributed by atoms with E-state index < -0.39 is 16.7 Å². The van der Waals surface area contributed by atoms with Gasteiger partial charge in [-0.15, -0.1) is 11.3 Å². The van der Waals surface area contributed by atoms with Gasteiger partial charge in [0.15, 0.2) is 11.5 Å². The first-order valence-electron chi connectivity index (χ1n) is 17.2. The van der Waals surface area contributed by atoms with Crippen LogP contribution in [0.3, 0.4) is 0 Å². The van der Waals surface area contributed by atoms with Gasteiger partial charge in [0.2, 0.25) is 5.91 Å². The highest BCUT2D eigenvalue weighted by Gasteiger charge is 2.17. The highest BCUT2D eigenvalue weighted by molar-refractivity contribution is 7.10. The molecule has 0 saturated heterocycles. The molecule has 0 bridgehead atoms. The second kappa shape index (κ2) is 21.1. The maximum Gasteiger partial charge on any atom is 0.433 e. The molecular weight excluding hydrogens is 763 g/mol. The van der Waals surface area contributed by atoms with Crippen LogP contribution in [0.1, 0.15) is 31.6 Å². The number of carbonyl (C=O) groups excluding carboxylic acids is 3. The number of nitrogens with one attached hydrogen (secondary N) is 3. The first-order valence-corrected chi connectivity index (χ1v) is 18.0. The lowest BCUT2D eigenvalue weighted by Gasteiger charge is -2.04. The monoisotopic (exact) mass is 803 g/mol. The van der Waals surface area contributed by atoms with E-state index in [9.17, 15) is 24.5 Å². The SMILES string of the molecule is Cc1ccoc1C(=O)Nc1ccc(N)cc1.Nc1ccc(N)cc1.Nc1ccc(NC(=O)Cc2cccs2)cc1.Nc1ccc(NC(=O)c2ccc([N+](=O)[O-])o2)cc1. The molecule has 0 aliphatic carbocycles. The Balaban J connectivity index is 0.000000176. The van der Waals surface area contributed by atoms with Gasteiger partial charge >= 0.3 is 5.88 Å². The summed E-state index contributed by atoms with van der Waals surface area (Å²) >= 11 is 1.58. The van der Waals surface area contributed by atoms with E-state index >= 15 is 0 Å². The van der Waals surface area contributed by atoms with Gasteiger partial charge in [-0.05, 0) is 128 Å². The van der Waals surface area contributed by atoms with Crippen LogP contribution in [-0.2, 0) is 11.2 Å². The van der Waals surface area contributed by atoms with Crippen LogP contribution >= 0.6 is 11.3 Å². The molecule has 0 aliphatic rings. The number of furan rings is 2. The fourth-order valence-corrected chi connectivity index (χ4v) is 5.21. The molecule has 7 aromatic rings. The van der Waals surface area contributed by atoms with Crippen molar-refractivity contribution in [3.63, 3.8) is 0 Å². The van der Waals surface area contributed by atoms with Crippen molar-refractivity contribution < 1.29 is 28.1 Å². The van der Waals surface area contributed by atoms with Gasteiger partial charge in [0, 0.05) is 55.9 Å². The molecule has 3 aromatic heterocycles. The van der Waals surface area contributed by atoms with Crippen molar-refractivity contribution >= 4 is 80.4 Å². The Hall–Kier alpha value is -8.05. The molecule has 3 amide bonds. The van der Waals surface area contributed by atoms with Gasteiger partial charge in [0.05, 0.1) is 18.8 Å². The smallest absolute Gasteiger partial charge is 0.433 e. The summed E-state index contributed by atoms with van der Waals surface area (Å²) in [6.07, 6.45) is 1.91. The molecule has 16 nitrogen and oxygen atoms in total. The minimum atomic E-state index is -0.708. The molecule has 3 heterocycles. The Morgan fingerprint density at radius 1 is 0.621 bits per heavy atom. The highest BCUT2D eigenvalue weighted by Crippen LogP contribution is 2.19. The number of amides is 3. The van der Waals surface area contributed by atoms with E-state index in [1.54, 1.807) is 114 Å². The highest BCUT2D eigenvalue weighted by atomic mass is 32.1. The van der Waals surface area contributed by atoms with Crippen LogP contribution in [0, 0.1) is 17.0 Å². The van der Waals surface area contributed by atoms with Gasteiger partial charge in [-0.1, -0.05) is 6.07 Å². The van der Waals surface area contributed by atoms with Crippen molar-refractivity contribution in [2.45, 2.75) is 13.3 Å². The number of nitrogens with two attached hydrogens (primary N) is 5. The van der Waals surface area contributed by atoms with Crippen LogP contribution in [0.4, 0.5) is 51.4 Å². The molecule has 7 rings (SSSR count). The summed E-state index contributed by atoms with van der Waals surface area (Å²) in [5.74, 6) is -1.10. The van der Waals surface area contributed by atoms with E-state index in [4.69, 9.17) is 37.5 Å². The molecule has 0 saturated carbocycles. The normalized spacial score (nSPS) is 9.88. The number of aryl methyl sites for hydroxylation is 1. The topological polar surface area (TPSA) is 287 Å². The largest absolute Gasteiger partial charge is 0.459 e. The molecule has 0 radical (unpaired) electrons. The molecular formula is C41H41N9O7S. The maximum absolute atomic E-state index is 11.7. The number of hydrogen-bond acceptors (Lipinski definition) is 13. The molecule has 0 spiro atoms. The standard InChI is InChI=1S/C12H12N2O2.C12H12N2OS.C11H9N3O4.C6H8N2/c1-8-6-7-16-11(8)12(15)14-10-4-2-9(13)3-5-10;13-9-3-5-10(6-4-9)14-12(15)8-11-2-1-7-16-11;12-7-1-3-8(4-2-7)13-11(15)9-5-6-10(18-9)14(16)17;7-5-1-2-6(8)4-3-5/h2-7H,13H2,1H3,(H,14,15);1-7H,8,13H2,(H,14,15);1-6H,12H2,(H,13,15);1-4H,7-8H2. The molecule has 0 fully saturated rings. The van der Waals surface area contributed by atoms with Crippen molar-refractivity contribution in [3.05, 3.63) is 171 Å². The third-order valence-corrected chi connectivity index (χ3v) is 8.32. The van der Waals surface area contributed by atoms with E-state index in [1.165, 1.54) is 12.3 Å². The second-order valence-corrected chi connectivity index (χ2v) is 13.1. The zero-order chi connectivity index (χ0) is 42.0. The summed E-state index contributed by atoms with van der Waals surface area (Å²) in [7, 11) is 0. The van der Waals surface area contributed by atoms with Crippen molar-refractivity contribution in [1.29, 1.82) is 0 Å².